The largest absolute Gasteiger partial charge is 0.477 e. The van der Waals surface area contributed by atoms with Crippen LogP contribution in [0, 0.1) is 11.7 Å². The quantitative estimate of drug-likeness (QED) is 0.330. The highest BCUT2D eigenvalue weighted by Gasteiger charge is 2.51. The molecule has 4 aromatic rings. The van der Waals surface area contributed by atoms with Gasteiger partial charge in [0.05, 0.1) is 12.2 Å². The number of alkyl halides is 1. The average molecular weight is 540 g/mol. The van der Waals surface area contributed by atoms with E-state index in [2.05, 4.69) is 4.98 Å². The van der Waals surface area contributed by atoms with Crippen LogP contribution < -0.4 is 16.0 Å². The summed E-state index contributed by atoms with van der Waals surface area (Å²) >= 11 is 0. The first-order valence-electron chi connectivity index (χ1n) is 13.0. The van der Waals surface area contributed by atoms with Gasteiger partial charge in [0.25, 0.3) is 5.56 Å². The lowest BCUT2D eigenvalue weighted by atomic mass is 10.2. The fourth-order valence-electron chi connectivity index (χ4n) is 4.79. The zero-order chi connectivity index (χ0) is 27.9. The van der Waals surface area contributed by atoms with E-state index < -0.39 is 22.7 Å². The molecule has 206 valence electrons. The summed E-state index contributed by atoms with van der Waals surface area (Å²) < 4.78 is 38.0. The van der Waals surface area contributed by atoms with E-state index in [-0.39, 0.29) is 61.7 Å². The van der Waals surface area contributed by atoms with Gasteiger partial charge in [-0.1, -0.05) is 12.1 Å². The molecular weight excluding hydrogens is 508 g/mol. The number of pyridine rings is 1. The van der Waals surface area contributed by atoms with Gasteiger partial charge < -0.3 is 14.4 Å². The number of imidazole rings is 1. The van der Waals surface area contributed by atoms with Gasteiger partial charge in [0.15, 0.2) is 11.2 Å². The highest BCUT2D eigenvalue weighted by Crippen LogP contribution is 2.47. The topological polar surface area (TPSA) is 104 Å². The summed E-state index contributed by atoms with van der Waals surface area (Å²) in [5.74, 6) is -0.0652. The Morgan fingerprint density at radius 1 is 1.18 bits per heavy atom. The maximum absolute atomic E-state index is 14.2. The van der Waals surface area contributed by atoms with Crippen molar-refractivity contribution in [3.63, 3.8) is 0 Å². The summed E-state index contributed by atoms with van der Waals surface area (Å²) in [5.41, 5.74) is -0.762. The number of hydrogen-bond acceptors (Lipinski definition) is 6. The number of aliphatic hydroxyl groups is 1. The summed E-state index contributed by atoms with van der Waals surface area (Å²) in [6, 6.07) is 9.01. The van der Waals surface area contributed by atoms with Crippen molar-refractivity contribution >= 4 is 11.2 Å². The van der Waals surface area contributed by atoms with E-state index in [0.717, 1.165) is 4.57 Å². The third-order valence-corrected chi connectivity index (χ3v) is 7.14. The first kappa shape index (κ1) is 26.7. The van der Waals surface area contributed by atoms with Gasteiger partial charge in [-0.3, -0.25) is 13.9 Å². The van der Waals surface area contributed by atoms with Crippen LogP contribution >= 0.6 is 0 Å². The fourth-order valence-corrected chi connectivity index (χ4v) is 4.79. The Bertz CT molecular complexity index is 1620. The Morgan fingerprint density at radius 2 is 1.90 bits per heavy atom. The van der Waals surface area contributed by atoms with Crippen LogP contribution in [0.25, 0.3) is 22.6 Å². The Labute approximate surface area is 223 Å². The van der Waals surface area contributed by atoms with Crippen LogP contribution in [0.1, 0.15) is 45.2 Å². The Morgan fingerprint density at radius 3 is 2.54 bits per heavy atom. The molecule has 2 atom stereocenters. The molecular formula is C28H31F2N5O4. The molecule has 1 aliphatic rings. The number of aromatic nitrogens is 5. The molecule has 0 bridgehead atoms. The number of fused-ring (bicyclic) bond motifs is 1. The first-order chi connectivity index (χ1) is 18.6. The maximum Gasteiger partial charge on any atom is 0.332 e. The normalized spacial score (nSPS) is 18.7. The summed E-state index contributed by atoms with van der Waals surface area (Å²) in [5, 5.41) is 9.37. The molecule has 5 rings (SSSR count). The molecule has 0 saturated heterocycles. The Kier molecular flexibility index (Phi) is 7.11. The lowest BCUT2D eigenvalue weighted by molar-refractivity contribution is 0.233. The van der Waals surface area contributed by atoms with Crippen molar-refractivity contribution in [1.82, 2.24) is 23.7 Å². The van der Waals surface area contributed by atoms with Crippen LogP contribution in [-0.4, -0.2) is 47.7 Å². The third-order valence-electron chi connectivity index (χ3n) is 7.14. The molecule has 1 saturated carbocycles. The van der Waals surface area contributed by atoms with E-state index in [1.54, 1.807) is 35.0 Å². The van der Waals surface area contributed by atoms with Crippen molar-refractivity contribution < 1.29 is 18.6 Å². The van der Waals surface area contributed by atoms with Crippen LogP contribution in [-0.2, 0) is 13.1 Å². The minimum atomic E-state index is -1.27. The van der Waals surface area contributed by atoms with E-state index in [9.17, 15) is 23.5 Å². The summed E-state index contributed by atoms with van der Waals surface area (Å²) in [6.07, 6.45) is 2.19. The van der Waals surface area contributed by atoms with Gasteiger partial charge in [-0.05, 0) is 63.4 Å². The lowest BCUT2D eigenvalue weighted by Crippen LogP contribution is -2.41. The van der Waals surface area contributed by atoms with Crippen LogP contribution in [0.2, 0.25) is 0 Å². The molecule has 3 aromatic heterocycles. The summed E-state index contributed by atoms with van der Waals surface area (Å²) in [6.45, 7) is 5.33. The van der Waals surface area contributed by atoms with E-state index in [4.69, 9.17) is 9.72 Å². The number of nitrogens with zero attached hydrogens (tertiary/aromatic N) is 5. The molecule has 0 spiro atoms. The number of benzene rings is 1. The number of halogens is 2. The molecule has 1 aromatic carbocycles. The van der Waals surface area contributed by atoms with Gasteiger partial charge >= 0.3 is 5.69 Å². The Balaban J connectivity index is 1.74. The standard InChI is InChI=1S/C28H31F2N5O4/c1-17(2)35-24-22(26(37)33(27(35)38)12-5-13-36)34(15-18-7-9-20(29)10-8-18)23(32-24)21-6-4-11-31-25(21)39-16-19-14-28(19,3)30/h4,6-11,17,19,36H,5,12-16H2,1-3H3/t19-,28?/m1/s1. The molecule has 1 fully saturated rings. The molecule has 3 heterocycles. The van der Waals surface area contributed by atoms with E-state index in [1.165, 1.54) is 23.6 Å². The van der Waals surface area contributed by atoms with Crippen LogP contribution in [0.5, 0.6) is 5.88 Å². The Hall–Kier alpha value is -3.86. The molecule has 39 heavy (non-hydrogen) atoms. The second-order valence-electron chi connectivity index (χ2n) is 10.4. The van der Waals surface area contributed by atoms with E-state index >= 15 is 0 Å². The number of rotatable bonds is 10. The molecule has 0 radical (unpaired) electrons. The van der Waals surface area contributed by atoms with Gasteiger partial charge in [0.2, 0.25) is 5.88 Å². The number of aliphatic hydroxyl groups excluding tert-OH is 1. The van der Waals surface area contributed by atoms with Crippen molar-refractivity contribution in [3.05, 3.63) is 74.8 Å². The molecule has 1 N–H and O–H groups in total. The molecule has 9 nitrogen and oxygen atoms in total. The van der Waals surface area contributed by atoms with Crippen LogP contribution in [0.15, 0.2) is 52.2 Å². The molecule has 0 aliphatic heterocycles. The van der Waals surface area contributed by atoms with Gasteiger partial charge in [-0.25, -0.2) is 23.5 Å². The fraction of sp³-hybridized carbons (Fsp3) is 0.429. The predicted molar refractivity (Wildman–Crippen MR) is 142 cm³/mol. The SMILES string of the molecule is CC(C)n1c(=O)n(CCCO)c(=O)c2c1nc(-c1cccnc1OC[C@H]1CC1(C)F)n2Cc1ccc(F)cc1. The van der Waals surface area contributed by atoms with Crippen molar-refractivity contribution in [2.45, 2.75) is 58.4 Å². The zero-order valence-electron chi connectivity index (χ0n) is 22.1. The molecule has 11 heteroatoms. The van der Waals surface area contributed by atoms with Crippen molar-refractivity contribution in [2.24, 2.45) is 5.92 Å². The summed E-state index contributed by atoms with van der Waals surface area (Å²) in [4.78, 5) is 36.3. The molecule has 1 aliphatic carbocycles. The molecule has 1 unspecified atom stereocenters. The van der Waals surface area contributed by atoms with Crippen molar-refractivity contribution in [3.8, 4) is 17.3 Å². The smallest absolute Gasteiger partial charge is 0.332 e. The average Bonchev–Trinajstić information content (AvgIpc) is 3.35. The second kappa shape index (κ2) is 10.4. The minimum absolute atomic E-state index is 0.0402. The zero-order valence-corrected chi connectivity index (χ0v) is 22.1. The van der Waals surface area contributed by atoms with Gasteiger partial charge in [-0.2, -0.15) is 0 Å². The van der Waals surface area contributed by atoms with Gasteiger partial charge in [0.1, 0.15) is 17.3 Å². The first-order valence-corrected chi connectivity index (χ1v) is 13.0. The number of hydrogen-bond donors (Lipinski definition) is 1. The predicted octanol–water partition coefficient (Wildman–Crippen LogP) is 3.70. The highest BCUT2D eigenvalue weighted by atomic mass is 19.1. The van der Waals surface area contributed by atoms with Crippen LogP contribution in [0.3, 0.4) is 0 Å². The van der Waals surface area contributed by atoms with E-state index in [0.29, 0.717) is 23.4 Å². The lowest BCUT2D eigenvalue weighted by Gasteiger charge is -2.15. The summed E-state index contributed by atoms with van der Waals surface area (Å²) in [7, 11) is 0. The van der Waals surface area contributed by atoms with Gasteiger partial charge in [0, 0.05) is 37.9 Å². The number of ether oxygens (including phenoxy) is 1. The monoisotopic (exact) mass is 539 g/mol. The maximum atomic E-state index is 14.2. The highest BCUT2D eigenvalue weighted by molar-refractivity contribution is 5.78. The van der Waals surface area contributed by atoms with E-state index in [1.807, 2.05) is 13.8 Å². The second-order valence-corrected chi connectivity index (χ2v) is 10.4. The van der Waals surface area contributed by atoms with Crippen LogP contribution in [0.4, 0.5) is 8.78 Å². The molecule has 0 amide bonds. The minimum Gasteiger partial charge on any atom is -0.477 e. The van der Waals surface area contributed by atoms with Crippen molar-refractivity contribution in [1.29, 1.82) is 0 Å². The third kappa shape index (κ3) is 5.10. The van der Waals surface area contributed by atoms with Gasteiger partial charge in [-0.15, -0.1) is 0 Å². The van der Waals surface area contributed by atoms with Crippen molar-refractivity contribution in [2.75, 3.05) is 13.2 Å².